The molecule has 110 valence electrons. The zero-order valence-corrected chi connectivity index (χ0v) is 12.8. The summed E-state index contributed by atoms with van der Waals surface area (Å²) in [5, 5.41) is 11.7. The molecule has 0 saturated carbocycles. The van der Waals surface area contributed by atoms with Crippen LogP contribution in [0.25, 0.3) is 0 Å². The highest BCUT2D eigenvalue weighted by molar-refractivity contribution is 7.14. The SMILES string of the molecule is Cc1cc(C(=O)NCCc2ccc(C(=O)O)cc2)sc1C. The van der Waals surface area contributed by atoms with Crippen LogP contribution in [0, 0.1) is 13.8 Å². The fraction of sp³-hybridized carbons (Fsp3) is 0.250. The van der Waals surface area contributed by atoms with Crippen LogP contribution in [0.2, 0.25) is 0 Å². The Hall–Kier alpha value is -2.14. The van der Waals surface area contributed by atoms with Crippen molar-refractivity contribution in [1.29, 1.82) is 0 Å². The van der Waals surface area contributed by atoms with Gasteiger partial charge in [-0.15, -0.1) is 11.3 Å². The Morgan fingerprint density at radius 3 is 2.38 bits per heavy atom. The lowest BCUT2D eigenvalue weighted by molar-refractivity contribution is 0.0696. The van der Waals surface area contributed by atoms with Gasteiger partial charge in [0, 0.05) is 11.4 Å². The van der Waals surface area contributed by atoms with E-state index in [1.54, 1.807) is 24.3 Å². The van der Waals surface area contributed by atoms with Crippen molar-refractivity contribution in [1.82, 2.24) is 5.32 Å². The third-order valence-corrected chi connectivity index (χ3v) is 4.44. The fourth-order valence-electron chi connectivity index (χ4n) is 1.91. The Labute approximate surface area is 127 Å². The van der Waals surface area contributed by atoms with E-state index < -0.39 is 5.97 Å². The molecule has 0 atom stereocenters. The summed E-state index contributed by atoms with van der Waals surface area (Å²) in [5.74, 6) is -0.989. The number of benzene rings is 1. The van der Waals surface area contributed by atoms with Gasteiger partial charge in [-0.3, -0.25) is 4.79 Å². The van der Waals surface area contributed by atoms with Crippen LogP contribution in [0.3, 0.4) is 0 Å². The average Bonchev–Trinajstić information content (AvgIpc) is 2.79. The lowest BCUT2D eigenvalue weighted by Crippen LogP contribution is -2.24. The summed E-state index contributed by atoms with van der Waals surface area (Å²) in [6, 6.07) is 8.60. The number of amides is 1. The molecule has 0 spiro atoms. The molecule has 4 nitrogen and oxygen atoms in total. The largest absolute Gasteiger partial charge is 0.478 e. The van der Waals surface area contributed by atoms with Gasteiger partial charge >= 0.3 is 5.97 Å². The first-order valence-corrected chi connectivity index (χ1v) is 7.46. The molecular weight excluding hydrogens is 286 g/mol. The topological polar surface area (TPSA) is 66.4 Å². The smallest absolute Gasteiger partial charge is 0.335 e. The zero-order chi connectivity index (χ0) is 15.4. The molecule has 2 rings (SSSR count). The summed E-state index contributed by atoms with van der Waals surface area (Å²) in [6.07, 6.45) is 0.676. The zero-order valence-electron chi connectivity index (χ0n) is 12.0. The highest BCUT2D eigenvalue weighted by Crippen LogP contribution is 2.20. The summed E-state index contributed by atoms with van der Waals surface area (Å²) < 4.78 is 0. The van der Waals surface area contributed by atoms with E-state index in [1.807, 2.05) is 19.9 Å². The quantitative estimate of drug-likeness (QED) is 0.892. The lowest BCUT2D eigenvalue weighted by Gasteiger charge is -2.04. The normalized spacial score (nSPS) is 10.4. The molecule has 5 heteroatoms. The number of carbonyl (C=O) groups excluding carboxylic acids is 1. The molecule has 0 aliphatic rings. The van der Waals surface area contributed by atoms with Gasteiger partial charge in [-0.05, 0) is 49.6 Å². The Bertz CT molecular complexity index is 639. The number of rotatable bonds is 5. The van der Waals surface area contributed by atoms with Gasteiger partial charge in [-0.25, -0.2) is 4.79 Å². The Morgan fingerprint density at radius 1 is 1.19 bits per heavy atom. The molecule has 0 bridgehead atoms. The van der Waals surface area contributed by atoms with Crippen molar-refractivity contribution in [2.45, 2.75) is 20.3 Å². The number of nitrogens with one attached hydrogen (secondary N) is 1. The van der Waals surface area contributed by atoms with Crippen molar-refractivity contribution in [3.05, 3.63) is 56.8 Å². The molecule has 1 amide bonds. The maximum atomic E-state index is 12.0. The van der Waals surface area contributed by atoms with Gasteiger partial charge in [0.2, 0.25) is 0 Å². The number of hydrogen-bond acceptors (Lipinski definition) is 3. The van der Waals surface area contributed by atoms with Crippen molar-refractivity contribution < 1.29 is 14.7 Å². The molecule has 0 fully saturated rings. The number of thiophene rings is 1. The van der Waals surface area contributed by atoms with Crippen LogP contribution in [0.4, 0.5) is 0 Å². The maximum Gasteiger partial charge on any atom is 0.335 e. The molecular formula is C16H17NO3S. The van der Waals surface area contributed by atoms with Crippen molar-refractivity contribution in [3.8, 4) is 0 Å². The van der Waals surface area contributed by atoms with Gasteiger partial charge in [-0.1, -0.05) is 12.1 Å². The summed E-state index contributed by atoms with van der Waals surface area (Å²) in [4.78, 5) is 24.6. The standard InChI is InChI=1S/C16H17NO3S/c1-10-9-14(21-11(10)2)15(18)17-8-7-12-3-5-13(6-4-12)16(19)20/h3-6,9H,7-8H2,1-2H3,(H,17,18)(H,19,20). The van der Waals surface area contributed by atoms with E-state index in [1.165, 1.54) is 11.3 Å². The van der Waals surface area contributed by atoms with E-state index in [-0.39, 0.29) is 11.5 Å². The van der Waals surface area contributed by atoms with Crippen LogP contribution in [-0.4, -0.2) is 23.5 Å². The maximum absolute atomic E-state index is 12.0. The molecule has 1 aromatic carbocycles. The van der Waals surface area contributed by atoms with Crippen LogP contribution in [0.5, 0.6) is 0 Å². The van der Waals surface area contributed by atoms with Gasteiger partial charge in [0.15, 0.2) is 0 Å². The number of carbonyl (C=O) groups is 2. The average molecular weight is 303 g/mol. The second kappa shape index (κ2) is 6.54. The Morgan fingerprint density at radius 2 is 1.86 bits per heavy atom. The molecule has 0 aliphatic heterocycles. The molecule has 21 heavy (non-hydrogen) atoms. The monoisotopic (exact) mass is 303 g/mol. The van der Waals surface area contributed by atoms with Crippen LogP contribution < -0.4 is 5.32 Å². The lowest BCUT2D eigenvalue weighted by atomic mass is 10.1. The van der Waals surface area contributed by atoms with Crippen molar-refractivity contribution in [2.75, 3.05) is 6.54 Å². The third kappa shape index (κ3) is 3.92. The number of carboxylic acid groups (broad SMARTS) is 1. The fourth-order valence-corrected chi connectivity index (χ4v) is 2.86. The van der Waals surface area contributed by atoms with E-state index in [4.69, 9.17) is 5.11 Å². The van der Waals surface area contributed by atoms with Gasteiger partial charge in [0.05, 0.1) is 10.4 Å². The molecule has 0 unspecified atom stereocenters. The second-order valence-electron chi connectivity index (χ2n) is 4.86. The molecule has 2 aromatic rings. The highest BCUT2D eigenvalue weighted by Gasteiger charge is 2.09. The predicted molar refractivity (Wildman–Crippen MR) is 83.2 cm³/mol. The Kier molecular flexibility index (Phi) is 4.75. The summed E-state index contributed by atoms with van der Waals surface area (Å²) in [6.45, 7) is 4.52. The number of aromatic carboxylic acids is 1. The number of carboxylic acids is 1. The van der Waals surface area contributed by atoms with E-state index >= 15 is 0 Å². The Balaban J connectivity index is 1.86. The van der Waals surface area contributed by atoms with Crippen LogP contribution in [0.1, 0.15) is 36.0 Å². The minimum Gasteiger partial charge on any atom is -0.478 e. The molecule has 1 aromatic heterocycles. The summed E-state index contributed by atoms with van der Waals surface area (Å²) >= 11 is 1.50. The van der Waals surface area contributed by atoms with Crippen LogP contribution in [-0.2, 0) is 6.42 Å². The van der Waals surface area contributed by atoms with Gasteiger partial charge in [0.1, 0.15) is 0 Å². The minimum atomic E-state index is -0.932. The van der Waals surface area contributed by atoms with E-state index in [9.17, 15) is 9.59 Å². The van der Waals surface area contributed by atoms with Crippen LogP contribution >= 0.6 is 11.3 Å². The summed E-state index contributed by atoms with van der Waals surface area (Å²) in [7, 11) is 0. The second-order valence-corrected chi connectivity index (χ2v) is 6.11. The number of hydrogen-bond donors (Lipinski definition) is 2. The van der Waals surface area contributed by atoms with Gasteiger partial charge in [-0.2, -0.15) is 0 Å². The third-order valence-electron chi connectivity index (χ3n) is 3.29. The number of aryl methyl sites for hydroxylation is 2. The molecule has 0 saturated heterocycles. The first kappa shape index (κ1) is 15.3. The predicted octanol–water partition coefficient (Wildman–Crippen LogP) is 3.04. The molecule has 0 radical (unpaired) electrons. The van der Waals surface area contributed by atoms with E-state index in [0.29, 0.717) is 13.0 Å². The summed E-state index contributed by atoms with van der Waals surface area (Å²) in [5.41, 5.74) is 2.40. The van der Waals surface area contributed by atoms with E-state index in [0.717, 1.165) is 20.9 Å². The first-order chi connectivity index (χ1) is 9.97. The van der Waals surface area contributed by atoms with Gasteiger partial charge < -0.3 is 10.4 Å². The van der Waals surface area contributed by atoms with E-state index in [2.05, 4.69) is 5.32 Å². The van der Waals surface area contributed by atoms with Gasteiger partial charge in [0.25, 0.3) is 5.91 Å². The molecule has 2 N–H and O–H groups in total. The van der Waals surface area contributed by atoms with Crippen molar-refractivity contribution in [2.24, 2.45) is 0 Å². The highest BCUT2D eigenvalue weighted by atomic mass is 32.1. The molecule has 1 heterocycles. The van der Waals surface area contributed by atoms with Crippen LogP contribution in [0.15, 0.2) is 30.3 Å². The first-order valence-electron chi connectivity index (χ1n) is 6.65. The van der Waals surface area contributed by atoms with Crippen molar-refractivity contribution >= 4 is 23.2 Å². The molecule has 0 aliphatic carbocycles. The minimum absolute atomic E-state index is 0.0571. The van der Waals surface area contributed by atoms with Crippen molar-refractivity contribution in [3.63, 3.8) is 0 Å².